The molecular formula is C26H21N9OS. The van der Waals surface area contributed by atoms with Gasteiger partial charge in [0.15, 0.2) is 11.4 Å². The molecule has 4 N–H and O–H groups in total. The number of fused-ring (bicyclic) bond motifs is 2. The van der Waals surface area contributed by atoms with Gasteiger partial charge in [0.1, 0.15) is 11.5 Å². The minimum atomic E-state index is 0.0566. The van der Waals surface area contributed by atoms with E-state index in [0.717, 1.165) is 73.2 Å². The Bertz CT molecular complexity index is 1810. The van der Waals surface area contributed by atoms with Crippen molar-refractivity contribution < 1.29 is 4.79 Å². The van der Waals surface area contributed by atoms with Crippen LogP contribution < -0.4 is 10.6 Å². The van der Waals surface area contributed by atoms with Gasteiger partial charge in [0.25, 0.3) is 0 Å². The number of aromatic nitrogens is 7. The van der Waals surface area contributed by atoms with Crippen LogP contribution in [-0.4, -0.2) is 60.0 Å². The van der Waals surface area contributed by atoms with Crippen LogP contribution in [0.3, 0.4) is 0 Å². The van der Waals surface area contributed by atoms with E-state index in [1.54, 1.807) is 31.7 Å². The number of hydrogen-bond acceptors (Lipinski definition) is 9. The summed E-state index contributed by atoms with van der Waals surface area (Å²) in [6.45, 7) is 3.14. The number of carbonyl (C=O) groups excluding carboxylic acids is 1. The van der Waals surface area contributed by atoms with Crippen LogP contribution in [0.1, 0.15) is 16.6 Å². The first kappa shape index (κ1) is 21.8. The van der Waals surface area contributed by atoms with Crippen molar-refractivity contribution in [2.75, 3.05) is 18.0 Å². The molecule has 0 radical (unpaired) electrons. The molecule has 182 valence electrons. The van der Waals surface area contributed by atoms with Gasteiger partial charge < -0.3 is 15.6 Å². The summed E-state index contributed by atoms with van der Waals surface area (Å²) in [6.07, 6.45) is 8.89. The number of nitrogens with one attached hydrogen (secondary N) is 2. The van der Waals surface area contributed by atoms with Crippen LogP contribution in [0.25, 0.3) is 55.0 Å². The van der Waals surface area contributed by atoms with Crippen molar-refractivity contribution >= 4 is 44.9 Å². The number of pyridine rings is 2. The van der Waals surface area contributed by atoms with Gasteiger partial charge >= 0.3 is 0 Å². The molecule has 6 aromatic heterocycles. The zero-order chi connectivity index (χ0) is 25.1. The molecule has 11 heteroatoms. The maximum Gasteiger partial charge on any atom is 0.169 e. The van der Waals surface area contributed by atoms with Gasteiger partial charge in [-0.05, 0) is 31.2 Å². The molecule has 0 atom stereocenters. The van der Waals surface area contributed by atoms with Gasteiger partial charge in [-0.1, -0.05) is 0 Å². The Morgan fingerprint density at radius 1 is 1.08 bits per heavy atom. The highest BCUT2D eigenvalue weighted by Gasteiger charge is 2.25. The van der Waals surface area contributed by atoms with Crippen LogP contribution in [-0.2, 0) is 0 Å². The summed E-state index contributed by atoms with van der Waals surface area (Å²) in [7, 11) is 0. The van der Waals surface area contributed by atoms with Gasteiger partial charge in [-0.15, -0.1) is 11.3 Å². The molecule has 0 bridgehead atoms. The Morgan fingerprint density at radius 2 is 1.95 bits per heavy atom. The minimum Gasteiger partial charge on any atom is -0.352 e. The third-order valence-electron chi connectivity index (χ3n) is 6.59. The Hall–Kier alpha value is -4.48. The number of nitrogens with zero attached hydrogens (tertiary/aromatic N) is 6. The van der Waals surface area contributed by atoms with Crippen LogP contribution in [0.15, 0.2) is 55.2 Å². The van der Waals surface area contributed by atoms with Crippen molar-refractivity contribution in [1.82, 2.24) is 35.1 Å². The number of aromatic amines is 2. The first-order chi connectivity index (χ1) is 18.0. The largest absolute Gasteiger partial charge is 0.352 e. The number of nitrogens with two attached hydrogens (primary N) is 1. The van der Waals surface area contributed by atoms with E-state index in [4.69, 9.17) is 10.7 Å². The smallest absolute Gasteiger partial charge is 0.169 e. The van der Waals surface area contributed by atoms with E-state index < -0.39 is 0 Å². The van der Waals surface area contributed by atoms with Crippen molar-refractivity contribution in [2.24, 2.45) is 5.73 Å². The maximum atomic E-state index is 11.8. The molecule has 1 aliphatic heterocycles. The Kier molecular flexibility index (Phi) is 4.88. The van der Waals surface area contributed by atoms with E-state index in [1.807, 2.05) is 24.4 Å². The van der Waals surface area contributed by atoms with Crippen molar-refractivity contribution in [1.29, 1.82) is 0 Å². The molecule has 0 amide bonds. The lowest BCUT2D eigenvalue weighted by Gasteiger charge is -2.37. The number of Topliss-reactive ketones (excluding diaryl/α,β-unsaturated/α-hetero) is 1. The third kappa shape index (κ3) is 3.67. The molecule has 7 rings (SSSR count). The number of anilines is 1. The Morgan fingerprint density at radius 3 is 2.76 bits per heavy atom. The Labute approximate surface area is 214 Å². The first-order valence-corrected chi connectivity index (χ1v) is 12.6. The predicted octanol–water partition coefficient (Wildman–Crippen LogP) is 4.04. The lowest BCUT2D eigenvalue weighted by atomic mass is 10.1. The second kappa shape index (κ2) is 8.29. The summed E-state index contributed by atoms with van der Waals surface area (Å²) < 4.78 is 0. The number of carbonyl (C=O) groups is 1. The summed E-state index contributed by atoms with van der Waals surface area (Å²) in [4.78, 5) is 37.3. The normalized spacial score (nSPS) is 13.9. The van der Waals surface area contributed by atoms with Gasteiger partial charge in [0, 0.05) is 58.3 Å². The van der Waals surface area contributed by atoms with Gasteiger partial charge in [-0.3, -0.25) is 19.9 Å². The topological polar surface area (TPSA) is 142 Å². The highest BCUT2D eigenvalue weighted by atomic mass is 32.1. The van der Waals surface area contributed by atoms with Gasteiger partial charge in [-0.2, -0.15) is 5.10 Å². The van der Waals surface area contributed by atoms with Crippen molar-refractivity contribution in [3.05, 3.63) is 60.1 Å². The molecule has 0 spiro atoms. The lowest BCUT2D eigenvalue weighted by Crippen LogP contribution is -2.56. The monoisotopic (exact) mass is 507 g/mol. The fraction of sp³-hybridized carbons (Fsp3) is 0.154. The second-order valence-corrected chi connectivity index (χ2v) is 10.3. The molecule has 1 saturated heterocycles. The summed E-state index contributed by atoms with van der Waals surface area (Å²) in [6, 6.07) is 8.10. The van der Waals surface area contributed by atoms with Gasteiger partial charge in [0.2, 0.25) is 0 Å². The molecule has 0 saturated carbocycles. The molecule has 1 aliphatic rings. The standard InChI is InChI=1S/C26H21N9OS/c1-13(36)22-2-3-23(37-22)18-7-28-9-21-16(18)5-19(31-21)25-17-4-14(6-30-26(17)34-33-25)20-8-29-10-24(32-20)35-11-15(27)12-35/h2-10,15,31H,11-12,27H2,1H3,(H,30,33,34). The molecular weight excluding hydrogens is 486 g/mol. The lowest BCUT2D eigenvalue weighted by molar-refractivity contribution is 0.102. The Balaban J connectivity index is 1.29. The number of ketones is 1. The fourth-order valence-corrected chi connectivity index (χ4v) is 5.57. The predicted molar refractivity (Wildman–Crippen MR) is 144 cm³/mol. The zero-order valence-electron chi connectivity index (χ0n) is 19.8. The highest BCUT2D eigenvalue weighted by Crippen LogP contribution is 2.36. The summed E-state index contributed by atoms with van der Waals surface area (Å²) in [5.41, 5.74) is 11.6. The number of thiophene rings is 1. The van der Waals surface area contributed by atoms with E-state index in [-0.39, 0.29) is 11.8 Å². The molecule has 0 unspecified atom stereocenters. The fourth-order valence-electron chi connectivity index (χ4n) is 4.64. The van der Waals surface area contributed by atoms with Crippen molar-refractivity contribution in [3.63, 3.8) is 0 Å². The van der Waals surface area contributed by atoms with Crippen molar-refractivity contribution in [2.45, 2.75) is 13.0 Å². The van der Waals surface area contributed by atoms with Crippen LogP contribution in [0.4, 0.5) is 5.82 Å². The molecule has 0 aliphatic carbocycles. The van der Waals surface area contributed by atoms with Crippen LogP contribution in [0, 0.1) is 0 Å². The number of rotatable bonds is 5. The van der Waals surface area contributed by atoms with E-state index in [1.165, 1.54) is 11.3 Å². The molecule has 6 aromatic rings. The molecule has 10 nitrogen and oxygen atoms in total. The minimum absolute atomic E-state index is 0.0566. The van der Waals surface area contributed by atoms with E-state index in [0.29, 0.717) is 5.65 Å². The number of H-pyrrole nitrogens is 2. The SMILES string of the molecule is CC(=O)c1ccc(-c2cncc3[nH]c(-c4n[nH]c5ncc(-c6cncc(N7CC(N)C7)n6)cc45)cc23)s1. The molecule has 37 heavy (non-hydrogen) atoms. The van der Waals surface area contributed by atoms with E-state index in [2.05, 4.69) is 41.1 Å². The van der Waals surface area contributed by atoms with Crippen LogP contribution >= 0.6 is 11.3 Å². The number of hydrogen-bond donors (Lipinski definition) is 3. The molecule has 7 heterocycles. The third-order valence-corrected chi connectivity index (χ3v) is 7.81. The maximum absolute atomic E-state index is 11.8. The van der Waals surface area contributed by atoms with Gasteiger partial charge in [-0.25, -0.2) is 9.97 Å². The quantitative estimate of drug-likeness (QED) is 0.297. The van der Waals surface area contributed by atoms with E-state index >= 15 is 0 Å². The van der Waals surface area contributed by atoms with Crippen LogP contribution in [0.5, 0.6) is 0 Å². The van der Waals surface area contributed by atoms with Crippen molar-refractivity contribution in [3.8, 4) is 33.1 Å². The summed E-state index contributed by atoms with van der Waals surface area (Å²) >= 11 is 1.47. The molecule has 0 aromatic carbocycles. The zero-order valence-corrected chi connectivity index (χ0v) is 20.6. The van der Waals surface area contributed by atoms with Gasteiger partial charge in [0.05, 0.1) is 40.4 Å². The van der Waals surface area contributed by atoms with E-state index in [9.17, 15) is 4.79 Å². The second-order valence-electron chi connectivity index (χ2n) is 9.17. The average molecular weight is 508 g/mol. The average Bonchev–Trinajstić information content (AvgIpc) is 3.64. The summed E-state index contributed by atoms with van der Waals surface area (Å²) in [5, 5.41) is 9.47. The van der Waals surface area contributed by atoms with Crippen LogP contribution in [0.2, 0.25) is 0 Å². The summed E-state index contributed by atoms with van der Waals surface area (Å²) in [5.74, 6) is 0.866. The highest BCUT2D eigenvalue weighted by molar-refractivity contribution is 7.17. The molecule has 1 fully saturated rings. The first-order valence-electron chi connectivity index (χ1n) is 11.8.